The minimum Gasteiger partial charge on any atom is -0.356 e. The lowest BCUT2D eigenvalue weighted by atomic mass is 10.3. The van der Waals surface area contributed by atoms with Gasteiger partial charge in [-0.05, 0) is 4.83 Å². The second-order valence-electron chi connectivity index (χ2n) is 1.71. The number of hydrogen-bond acceptors (Lipinski definition) is 2. The van der Waals surface area contributed by atoms with Gasteiger partial charge in [-0.2, -0.15) is 0 Å². The number of methoxy groups -OCH3 is 2. The van der Waals surface area contributed by atoms with Crippen LogP contribution in [0.3, 0.4) is 0 Å². The number of hydrogen-bond donors (Lipinski definition) is 0. The summed E-state index contributed by atoms with van der Waals surface area (Å²) in [5.41, 5.74) is 0. The minimum absolute atomic E-state index is 0.117. The molecule has 0 N–H and O–H groups in total. The van der Waals surface area contributed by atoms with Crippen molar-refractivity contribution in [2.45, 2.75) is 19.1 Å². The normalized spacial score (nSPS) is 9.20. The SMILES string of the molecule is COC(CCC#CBr)OC. The maximum Gasteiger partial charge on any atom is 0.157 e. The molecule has 0 aliphatic rings. The molecule has 0 atom stereocenters. The van der Waals surface area contributed by atoms with E-state index in [0.717, 1.165) is 12.8 Å². The first-order chi connectivity index (χ1) is 4.85. The smallest absolute Gasteiger partial charge is 0.157 e. The molecule has 0 fully saturated rings. The average Bonchev–Trinajstić information content (AvgIpc) is 1.99. The van der Waals surface area contributed by atoms with Crippen LogP contribution in [-0.4, -0.2) is 20.5 Å². The van der Waals surface area contributed by atoms with E-state index in [1.165, 1.54) is 0 Å². The molecule has 0 aliphatic heterocycles. The third-order valence-electron chi connectivity index (χ3n) is 1.10. The van der Waals surface area contributed by atoms with Crippen molar-refractivity contribution < 1.29 is 9.47 Å². The van der Waals surface area contributed by atoms with Gasteiger partial charge in [0.05, 0.1) is 0 Å². The highest BCUT2D eigenvalue weighted by Crippen LogP contribution is 2.00. The molecular weight excluding hydrogens is 196 g/mol. The summed E-state index contributed by atoms with van der Waals surface area (Å²) in [4.78, 5) is 2.62. The Morgan fingerprint density at radius 1 is 1.40 bits per heavy atom. The van der Waals surface area contributed by atoms with Crippen LogP contribution < -0.4 is 0 Å². The summed E-state index contributed by atoms with van der Waals surface area (Å²) in [6.45, 7) is 0. The van der Waals surface area contributed by atoms with E-state index >= 15 is 0 Å². The van der Waals surface area contributed by atoms with E-state index in [1.807, 2.05) is 0 Å². The molecule has 0 amide bonds. The molecule has 0 aromatic rings. The van der Waals surface area contributed by atoms with Crippen molar-refractivity contribution in [3.63, 3.8) is 0 Å². The van der Waals surface area contributed by atoms with Gasteiger partial charge < -0.3 is 9.47 Å². The molecule has 0 saturated heterocycles. The molecule has 0 bridgehead atoms. The lowest BCUT2D eigenvalue weighted by Gasteiger charge is -2.10. The van der Waals surface area contributed by atoms with Crippen LogP contribution in [0.15, 0.2) is 0 Å². The Morgan fingerprint density at radius 2 is 2.00 bits per heavy atom. The zero-order valence-corrected chi connectivity index (χ0v) is 7.77. The molecule has 58 valence electrons. The van der Waals surface area contributed by atoms with Crippen molar-refractivity contribution in [3.05, 3.63) is 0 Å². The van der Waals surface area contributed by atoms with Gasteiger partial charge in [0, 0.05) is 43.0 Å². The van der Waals surface area contributed by atoms with Gasteiger partial charge in [-0.3, -0.25) is 0 Å². The summed E-state index contributed by atoms with van der Waals surface area (Å²) in [7, 11) is 3.24. The van der Waals surface area contributed by atoms with Crippen molar-refractivity contribution in [2.75, 3.05) is 14.2 Å². The zero-order valence-electron chi connectivity index (χ0n) is 6.19. The summed E-state index contributed by atoms with van der Waals surface area (Å²) in [5, 5.41) is 0. The van der Waals surface area contributed by atoms with Gasteiger partial charge in [-0.1, -0.05) is 5.92 Å². The maximum absolute atomic E-state index is 4.94. The molecule has 3 heteroatoms. The molecule has 0 radical (unpaired) electrons. The Labute approximate surface area is 70.0 Å². The minimum atomic E-state index is -0.117. The van der Waals surface area contributed by atoms with Crippen molar-refractivity contribution in [1.29, 1.82) is 0 Å². The standard InChI is InChI=1S/C7H11BrO2/c1-9-7(10-2)5-3-4-6-8/h7H,3,5H2,1-2H3. The van der Waals surface area contributed by atoms with Crippen molar-refractivity contribution in [3.8, 4) is 10.8 Å². The van der Waals surface area contributed by atoms with Gasteiger partial charge in [0.1, 0.15) is 0 Å². The quantitative estimate of drug-likeness (QED) is 0.516. The largest absolute Gasteiger partial charge is 0.356 e. The Bertz CT molecular complexity index is 121. The van der Waals surface area contributed by atoms with Crippen LogP contribution in [0, 0.1) is 10.8 Å². The van der Waals surface area contributed by atoms with Crippen molar-refractivity contribution in [1.82, 2.24) is 0 Å². The molecule has 0 heterocycles. The van der Waals surface area contributed by atoms with Crippen LogP contribution in [0.1, 0.15) is 12.8 Å². The third kappa shape index (κ3) is 4.80. The summed E-state index contributed by atoms with van der Waals surface area (Å²) in [6.07, 6.45) is 1.48. The van der Waals surface area contributed by atoms with Crippen molar-refractivity contribution in [2.24, 2.45) is 0 Å². The molecule has 0 aromatic carbocycles. The Balaban J connectivity index is 3.31. The second kappa shape index (κ2) is 7.07. The molecule has 0 rings (SSSR count). The summed E-state index contributed by atoms with van der Waals surface area (Å²) in [6, 6.07) is 0. The topological polar surface area (TPSA) is 18.5 Å². The first-order valence-electron chi connectivity index (χ1n) is 2.99. The maximum atomic E-state index is 4.94. The molecule has 10 heavy (non-hydrogen) atoms. The van der Waals surface area contributed by atoms with E-state index in [0.29, 0.717) is 0 Å². The fraction of sp³-hybridized carbons (Fsp3) is 0.714. The number of ether oxygens (including phenoxy) is 2. The highest BCUT2D eigenvalue weighted by molar-refractivity contribution is 9.12. The molecule has 0 spiro atoms. The van der Waals surface area contributed by atoms with Gasteiger partial charge >= 0.3 is 0 Å². The van der Waals surface area contributed by atoms with Gasteiger partial charge in [-0.25, -0.2) is 0 Å². The first kappa shape index (κ1) is 9.96. The zero-order chi connectivity index (χ0) is 7.82. The fourth-order valence-corrected chi connectivity index (χ4v) is 0.767. The Morgan fingerprint density at radius 3 is 2.40 bits per heavy atom. The van der Waals surface area contributed by atoms with Crippen LogP contribution in [0.25, 0.3) is 0 Å². The summed E-state index contributed by atoms with van der Waals surface area (Å²) >= 11 is 3.00. The first-order valence-corrected chi connectivity index (χ1v) is 3.78. The van der Waals surface area contributed by atoms with E-state index in [-0.39, 0.29) is 6.29 Å². The monoisotopic (exact) mass is 206 g/mol. The summed E-state index contributed by atoms with van der Waals surface area (Å²) in [5.74, 6) is 2.85. The van der Waals surface area contributed by atoms with Crippen LogP contribution >= 0.6 is 15.9 Å². The second-order valence-corrected chi connectivity index (χ2v) is 2.11. The molecule has 0 saturated carbocycles. The van der Waals surface area contributed by atoms with Crippen molar-refractivity contribution >= 4 is 15.9 Å². The molecule has 0 aliphatic carbocycles. The predicted molar refractivity (Wildman–Crippen MR) is 43.7 cm³/mol. The van der Waals surface area contributed by atoms with E-state index in [4.69, 9.17) is 9.47 Å². The number of rotatable bonds is 4. The third-order valence-corrected chi connectivity index (χ3v) is 1.38. The number of halogens is 1. The predicted octanol–water partition coefficient (Wildman–Crippen LogP) is 1.74. The van der Waals surface area contributed by atoms with Gasteiger partial charge in [0.2, 0.25) is 0 Å². The summed E-state index contributed by atoms with van der Waals surface area (Å²) < 4.78 is 9.88. The van der Waals surface area contributed by atoms with Crippen LogP contribution in [0.4, 0.5) is 0 Å². The lowest BCUT2D eigenvalue weighted by Crippen LogP contribution is -2.11. The highest BCUT2D eigenvalue weighted by Gasteiger charge is 2.01. The lowest BCUT2D eigenvalue weighted by molar-refractivity contribution is -0.105. The van der Waals surface area contributed by atoms with Crippen LogP contribution in [0.2, 0.25) is 0 Å². The molecule has 2 nitrogen and oxygen atoms in total. The van der Waals surface area contributed by atoms with Gasteiger partial charge in [-0.15, -0.1) is 0 Å². The molecule has 0 aromatic heterocycles. The van der Waals surface area contributed by atoms with Gasteiger partial charge in [0.15, 0.2) is 6.29 Å². The van der Waals surface area contributed by atoms with E-state index < -0.39 is 0 Å². The van der Waals surface area contributed by atoms with E-state index in [9.17, 15) is 0 Å². The highest BCUT2D eigenvalue weighted by atomic mass is 79.9. The molecular formula is C7H11BrO2. The van der Waals surface area contributed by atoms with E-state index in [1.54, 1.807) is 14.2 Å². The fourth-order valence-electron chi connectivity index (χ4n) is 0.569. The Hall–Kier alpha value is -0.0400. The van der Waals surface area contributed by atoms with E-state index in [2.05, 4.69) is 26.7 Å². The van der Waals surface area contributed by atoms with Crippen LogP contribution in [0.5, 0.6) is 0 Å². The van der Waals surface area contributed by atoms with Gasteiger partial charge in [0.25, 0.3) is 0 Å². The molecule has 0 unspecified atom stereocenters. The van der Waals surface area contributed by atoms with Crippen LogP contribution in [-0.2, 0) is 9.47 Å². The average molecular weight is 207 g/mol. The Kier molecular flexibility index (Phi) is 7.04.